The first-order valence-corrected chi connectivity index (χ1v) is 8.74. The smallest absolute Gasteiger partial charge is 0.333 e. The van der Waals surface area contributed by atoms with E-state index in [0.29, 0.717) is 25.4 Å². The van der Waals surface area contributed by atoms with Crippen LogP contribution < -0.4 is 4.74 Å². The molecule has 0 aromatic heterocycles. The van der Waals surface area contributed by atoms with Crippen LogP contribution in [0.25, 0.3) is 11.1 Å². The molecule has 0 atom stereocenters. The third-order valence-corrected chi connectivity index (χ3v) is 3.89. The van der Waals surface area contributed by atoms with Gasteiger partial charge in [0.1, 0.15) is 12.4 Å². The second kappa shape index (κ2) is 10.4. The summed E-state index contributed by atoms with van der Waals surface area (Å²) in [7, 11) is 1.66. The zero-order valence-corrected chi connectivity index (χ0v) is 15.5. The zero-order valence-electron chi connectivity index (χ0n) is 15.5. The van der Waals surface area contributed by atoms with Crippen LogP contribution in [-0.4, -0.2) is 32.9 Å². The van der Waals surface area contributed by atoms with Crippen molar-refractivity contribution >= 4 is 5.97 Å². The zero-order chi connectivity index (χ0) is 18.8. The van der Waals surface area contributed by atoms with Crippen molar-refractivity contribution in [1.29, 1.82) is 0 Å². The Labute approximate surface area is 155 Å². The number of hydrogen-bond donors (Lipinski definition) is 0. The van der Waals surface area contributed by atoms with E-state index < -0.39 is 0 Å². The van der Waals surface area contributed by atoms with Gasteiger partial charge in [-0.3, -0.25) is 0 Å². The molecule has 0 fully saturated rings. The van der Waals surface area contributed by atoms with Gasteiger partial charge in [0.25, 0.3) is 0 Å². The molecule has 138 valence electrons. The summed E-state index contributed by atoms with van der Waals surface area (Å²) in [6.45, 7) is 6.76. The highest BCUT2D eigenvalue weighted by Crippen LogP contribution is 2.23. The van der Waals surface area contributed by atoms with E-state index in [1.54, 1.807) is 14.0 Å². The molecule has 2 aromatic rings. The Morgan fingerprint density at radius 3 is 2.12 bits per heavy atom. The van der Waals surface area contributed by atoms with Gasteiger partial charge in [0.2, 0.25) is 0 Å². The number of aryl methyl sites for hydroxylation is 1. The summed E-state index contributed by atoms with van der Waals surface area (Å²) in [5, 5.41) is 0. The second-order valence-corrected chi connectivity index (χ2v) is 6.08. The van der Waals surface area contributed by atoms with E-state index in [-0.39, 0.29) is 5.97 Å². The van der Waals surface area contributed by atoms with Crippen LogP contribution in [0.15, 0.2) is 60.7 Å². The van der Waals surface area contributed by atoms with Crippen LogP contribution in [0.2, 0.25) is 0 Å². The lowest BCUT2D eigenvalue weighted by molar-refractivity contribution is -0.139. The molecule has 0 bridgehead atoms. The molecule has 4 nitrogen and oxygen atoms in total. The van der Waals surface area contributed by atoms with Crippen LogP contribution in [-0.2, 0) is 20.7 Å². The molecule has 0 amide bonds. The molecule has 0 saturated carbocycles. The van der Waals surface area contributed by atoms with Crippen LogP contribution in [0.4, 0.5) is 0 Å². The predicted octanol–water partition coefficient (Wildman–Crippen LogP) is 4.43. The van der Waals surface area contributed by atoms with Crippen molar-refractivity contribution in [2.24, 2.45) is 0 Å². The van der Waals surface area contributed by atoms with Gasteiger partial charge < -0.3 is 14.2 Å². The Balaban J connectivity index is 1.83. The average Bonchev–Trinajstić information content (AvgIpc) is 2.66. The number of ether oxygens (including phenoxy) is 3. The van der Waals surface area contributed by atoms with Crippen LogP contribution in [0, 0.1) is 0 Å². The molecule has 0 radical (unpaired) electrons. The van der Waals surface area contributed by atoms with Crippen molar-refractivity contribution in [3.63, 3.8) is 0 Å². The normalized spacial score (nSPS) is 10.4. The number of benzene rings is 2. The summed E-state index contributed by atoms with van der Waals surface area (Å²) < 4.78 is 15.7. The standard InChI is InChI=1S/C22H26O4/c1-17(2)22(23)26-14-4-5-18-6-8-19(9-7-18)20-10-12-21(13-11-20)25-16-15-24-3/h6-13H,1,4-5,14-16H2,2-3H3. The Hall–Kier alpha value is -2.59. The van der Waals surface area contributed by atoms with E-state index in [1.165, 1.54) is 5.56 Å². The van der Waals surface area contributed by atoms with E-state index in [4.69, 9.17) is 14.2 Å². The Bertz CT molecular complexity index is 702. The summed E-state index contributed by atoms with van der Waals surface area (Å²) in [6, 6.07) is 16.5. The molecule has 4 heteroatoms. The van der Waals surface area contributed by atoms with Gasteiger partial charge in [0, 0.05) is 12.7 Å². The maximum atomic E-state index is 11.3. The van der Waals surface area contributed by atoms with Gasteiger partial charge in [-0.25, -0.2) is 4.79 Å². The quantitative estimate of drug-likeness (QED) is 0.360. The van der Waals surface area contributed by atoms with Gasteiger partial charge in [-0.05, 0) is 48.6 Å². The minimum atomic E-state index is -0.324. The van der Waals surface area contributed by atoms with Gasteiger partial charge >= 0.3 is 5.97 Å². The molecule has 0 unspecified atom stereocenters. The number of carbonyl (C=O) groups is 1. The Morgan fingerprint density at radius 1 is 0.923 bits per heavy atom. The summed E-state index contributed by atoms with van der Waals surface area (Å²) in [5.41, 5.74) is 3.96. The molecule has 0 aliphatic carbocycles. The van der Waals surface area contributed by atoms with Crippen molar-refractivity contribution in [3.05, 3.63) is 66.2 Å². The third-order valence-electron chi connectivity index (χ3n) is 3.89. The lowest BCUT2D eigenvalue weighted by Gasteiger charge is -2.08. The summed E-state index contributed by atoms with van der Waals surface area (Å²) in [6.07, 6.45) is 1.67. The highest BCUT2D eigenvalue weighted by atomic mass is 16.5. The molecule has 0 aliphatic rings. The van der Waals surface area contributed by atoms with Gasteiger partial charge in [-0.1, -0.05) is 43.0 Å². The maximum absolute atomic E-state index is 11.3. The molecule has 2 aromatic carbocycles. The summed E-state index contributed by atoms with van der Waals surface area (Å²) >= 11 is 0. The first-order valence-electron chi connectivity index (χ1n) is 8.74. The number of rotatable bonds is 10. The molecule has 2 rings (SSSR count). The lowest BCUT2D eigenvalue weighted by atomic mass is 10.0. The minimum absolute atomic E-state index is 0.324. The summed E-state index contributed by atoms with van der Waals surface area (Å²) in [4.78, 5) is 11.3. The fourth-order valence-electron chi connectivity index (χ4n) is 2.41. The monoisotopic (exact) mass is 354 g/mol. The molecular formula is C22H26O4. The maximum Gasteiger partial charge on any atom is 0.333 e. The molecule has 0 aliphatic heterocycles. The molecule has 0 N–H and O–H groups in total. The van der Waals surface area contributed by atoms with Gasteiger partial charge in [-0.2, -0.15) is 0 Å². The SMILES string of the molecule is C=C(C)C(=O)OCCCc1ccc(-c2ccc(OCCOC)cc2)cc1. The van der Waals surface area contributed by atoms with Crippen LogP contribution >= 0.6 is 0 Å². The van der Waals surface area contributed by atoms with Crippen molar-refractivity contribution in [2.45, 2.75) is 19.8 Å². The second-order valence-electron chi connectivity index (χ2n) is 6.08. The highest BCUT2D eigenvalue weighted by molar-refractivity contribution is 5.86. The molecule has 0 spiro atoms. The number of hydrogen-bond acceptors (Lipinski definition) is 4. The third kappa shape index (κ3) is 6.37. The van der Waals surface area contributed by atoms with Gasteiger partial charge in [0.15, 0.2) is 0 Å². The van der Waals surface area contributed by atoms with Gasteiger partial charge in [-0.15, -0.1) is 0 Å². The van der Waals surface area contributed by atoms with Crippen molar-refractivity contribution in [3.8, 4) is 16.9 Å². The molecule has 0 saturated heterocycles. The molecule has 0 heterocycles. The van der Waals surface area contributed by atoms with Crippen LogP contribution in [0.5, 0.6) is 5.75 Å². The fourth-order valence-corrected chi connectivity index (χ4v) is 2.41. The van der Waals surface area contributed by atoms with Crippen molar-refractivity contribution in [1.82, 2.24) is 0 Å². The van der Waals surface area contributed by atoms with Crippen LogP contribution in [0.3, 0.4) is 0 Å². The minimum Gasteiger partial charge on any atom is -0.491 e. The Kier molecular flexibility index (Phi) is 7.90. The molecular weight excluding hydrogens is 328 g/mol. The topological polar surface area (TPSA) is 44.8 Å². The van der Waals surface area contributed by atoms with Crippen molar-refractivity contribution < 1.29 is 19.0 Å². The van der Waals surface area contributed by atoms with E-state index in [2.05, 4.69) is 30.8 Å². The van der Waals surface area contributed by atoms with E-state index in [0.717, 1.165) is 29.7 Å². The predicted molar refractivity (Wildman–Crippen MR) is 103 cm³/mol. The lowest BCUT2D eigenvalue weighted by Crippen LogP contribution is -2.06. The first kappa shape index (κ1) is 19.7. The largest absolute Gasteiger partial charge is 0.491 e. The first-order chi connectivity index (χ1) is 12.6. The number of carbonyl (C=O) groups excluding carboxylic acids is 1. The van der Waals surface area contributed by atoms with Gasteiger partial charge in [0.05, 0.1) is 13.2 Å². The fraction of sp³-hybridized carbons (Fsp3) is 0.318. The van der Waals surface area contributed by atoms with E-state index >= 15 is 0 Å². The molecule has 26 heavy (non-hydrogen) atoms. The van der Waals surface area contributed by atoms with E-state index in [1.807, 2.05) is 24.3 Å². The summed E-state index contributed by atoms with van der Waals surface area (Å²) in [5.74, 6) is 0.515. The average molecular weight is 354 g/mol. The highest BCUT2D eigenvalue weighted by Gasteiger charge is 2.03. The number of esters is 1. The van der Waals surface area contributed by atoms with Crippen LogP contribution in [0.1, 0.15) is 18.9 Å². The Morgan fingerprint density at radius 2 is 1.54 bits per heavy atom. The van der Waals surface area contributed by atoms with Crippen molar-refractivity contribution in [2.75, 3.05) is 26.9 Å². The number of methoxy groups -OCH3 is 1. The van der Waals surface area contributed by atoms with E-state index in [9.17, 15) is 4.79 Å².